The van der Waals surface area contributed by atoms with Crippen LogP contribution in [0.1, 0.15) is 0 Å². The van der Waals surface area contributed by atoms with Crippen LogP contribution < -0.4 is 0 Å². The van der Waals surface area contributed by atoms with Crippen LogP contribution in [0, 0.1) is 0 Å². The molecule has 6 nitrogen and oxygen atoms in total. The van der Waals surface area contributed by atoms with Gasteiger partial charge in [-0.15, -0.1) is 0 Å². The number of aromatic nitrogens is 6. The average molecular weight is 539 g/mol. The molecule has 0 saturated heterocycles. The molecule has 0 fully saturated rings. The van der Waals surface area contributed by atoms with Gasteiger partial charge in [-0.3, -0.25) is 15.0 Å². The second kappa shape index (κ2) is 9.94. The highest BCUT2D eigenvalue weighted by Crippen LogP contribution is 2.35. The summed E-state index contributed by atoms with van der Waals surface area (Å²) in [4.78, 5) is 28.8. The van der Waals surface area contributed by atoms with Crippen LogP contribution in [0.3, 0.4) is 0 Å². The highest BCUT2D eigenvalue weighted by Gasteiger charge is 2.16. The summed E-state index contributed by atoms with van der Waals surface area (Å²) in [6.07, 6.45) is 5.36. The van der Waals surface area contributed by atoms with Gasteiger partial charge in [0, 0.05) is 45.9 Å². The maximum Gasteiger partial charge on any atom is 0.179 e. The van der Waals surface area contributed by atoms with Crippen molar-refractivity contribution >= 4 is 32.7 Å². The van der Waals surface area contributed by atoms with Gasteiger partial charge >= 0.3 is 0 Å². The summed E-state index contributed by atoms with van der Waals surface area (Å²) >= 11 is 0. The van der Waals surface area contributed by atoms with Crippen molar-refractivity contribution in [1.82, 2.24) is 29.9 Å². The van der Waals surface area contributed by atoms with E-state index in [9.17, 15) is 0 Å². The number of hydrogen-bond donors (Lipinski definition) is 0. The second-order valence-corrected chi connectivity index (χ2v) is 10.0. The van der Waals surface area contributed by atoms with Gasteiger partial charge < -0.3 is 0 Å². The number of para-hydroxylation sites is 1. The zero-order chi connectivity index (χ0) is 27.9. The molecule has 0 bridgehead atoms. The summed E-state index contributed by atoms with van der Waals surface area (Å²) in [5.41, 5.74) is 8.85. The number of nitrogens with zero attached hydrogens (tertiary/aromatic N) is 6. The van der Waals surface area contributed by atoms with Crippen molar-refractivity contribution in [2.24, 2.45) is 0 Å². The molecule has 0 spiro atoms. The van der Waals surface area contributed by atoms with Crippen molar-refractivity contribution < 1.29 is 0 Å². The summed E-state index contributed by atoms with van der Waals surface area (Å²) in [7, 11) is 0. The van der Waals surface area contributed by atoms with E-state index in [1.165, 1.54) is 0 Å². The molecule has 0 amide bonds. The van der Waals surface area contributed by atoms with E-state index in [0.29, 0.717) is 11.5 Å². The number of benzene rings is 3. The van der Waals surface area contributed by atoms with Crippen molar-refractivity contribution in [2.75, 3.05) is 0 Å². The maximum atomic E-state index is 5.07. The quantitative estimate of drug-likeness (QED) is 0.210. The second-order valence-electron chi connectivity index (χ2n) is 10.0. The molecule has 0 saturated carbocycles. The molecule has 6 heteroatoms. The van der Waals surface area contributed by atoms with Crippen molar-refractivity contribution in [3.05, 3.63) is 134 Å². The monoisotopic (exact) mass is 538 g/mol. The van der Waals surface area contributed by atoms with E-state index in [1.54, 1.807) is 12.4 Å². The Balaban J connectivity index is 1.32. The first-order valence-corrected chi connectivity index (χ1v) is 13.7. The van der Waals surface area contributed by atoms with Gasteiger partial charge in [-0.2, -0.15) is 0 Å². The number of hydrogen-bond acceptors (Lipinski definition) is 6. The van der Waals surface area contributed by atoms with Gasteiger partial charge in [0.2, 0.25) is 0 Å². The average Bonchev–Trinajstić information content (AvgIpc) is 3.08. The van der Waals surface area contributed by atoms with E-state index in [0.717, 1.165) is 66.5 Å². The van der Waals surface area contributed by atoms with Crippen molar-refractivity contribution in [1.29, 1.82) is 0 Å². The first kappa shape index (κ1) is 24.0. The van der Waals surface area contributed by atoms with Crippen LogP contribution in [-0.2, 0) is 0 Å². The van der Waals surface area contributed by atoms with Gasteiger partial charge in [-0.05, 0) is 48.0 Å². The number of fused-ring (bicyclic) bond motifs is 4. The molecule has 5 heterocycles. The molecule has 0 radical (unpaired) electrons. The molecule has 3 aromatic carbocycles. The van der Waals surface area contributed by atoms with Gasteiger partial charge in [0.1, 0.15) is 11.4 Å². The standard InChI is InChI=1S/C36H22N6/c1-3-19-37-30(13-1)35-28-12-6-11-27(34(28)41-36(42-35)31-14-2-4-20-38-31)25-8-5-9-26(22-25)29-18-17-24-16-15-23-10-7-21-39-32(23)33(24)40-29/h1-22H. The lowest BCUT2D eigenvalue weighted by atomic mass is 9.97. The zero-order valence-electron chi connectivity index (χ0n) is 22.4. The molecular weight excluding hydrogens is 516 g/mol. The Morgan fingerprint density at radius 3 is 1.98 bits per heavy atom. The number of rotatable bonds is 4. The van der Waals surface area contributed by atoms with Crippen LogP contribution in [0.4, 0.5) is 0 Å². The van der Waals surface area contributed by atoms with Crippen LogP contribution in [0.5, 0.6) is 0 Å². The molecule has 8 aromatic rings. The Hall–Kier alpha value is -5.88. The summed E-state index contributed by atoms with van der Waals surface area (Å²) in [6, 6.07) is 38.6. The molecule has 0 aliphatic heterocycles. The van der Waals surface area contributed by atoms with E-state index in [4.69, 9.17) is 15.0 Å². The lowest BCUT2D eigenvalue weighted by Gasteiger charge is -2.13. The topological polar surface area (TPSA) is 77.3 Å². The van der Waals surface area contributed by atoms with Crippen LogP contribution >= 0.6 is 0 Å². The predicted molar refractivity (Wildman–Crippen MR) is 167 cm³/mol. The van der Waals surface area contributed by atoms with Gasteiger partial charge in [0.25, 0.3) is 0 Å². The highest BCUT2D eigenvalue weighted by atomic mass is 14.9. The van der Waals surface area contributed by atoms with Gasteiger partial charge in [-0.1, -0.05) is 72.8 Å². The summed E-state index contributed by atoms with van der Waals surface area (Å²) in [5.74, 6) is 0.558. The summed E-state index contributed by atoms with van der Waals surface area (Å²) < 4.78 is 0. The fourth-order valence-electron chi connectivity index (χ4n) is 5.42. The predicted octanol–water partition coefficient (Wildman–Crippen LogP) is 8.18. The molecule has 8 rings (SSSR count). The normalized spacial score (nSPS) is 11.3. The minimum atomic E-state index is 0.558. The van der Waals surface area contributed by atoms with E-state index < -0.39 is 0 Å². The lowest BCUT2D eigenvalue weighted by molar-refractivity contribution is 1.16. The van der Waals surface area contributed by atoms with Crippen molar-refractivity contribution in [3.8, 4) is 45.3 Å². The van der Waals surface area contributed by atoms with Crippen LogP contribution in [0.2, 0.25) is 0 Å². The molecule has 42 heavy (non-hydrogen) atoms. The third-order valence-corrected chi connectivity index (χ3v) is 7.43. The Kier molecular flexibility index (Phi) is 5.67. The Labute approximate surface area is 241 Å². The van der Waals surface area contributed by atoms with Gasteiger partial charge in [0.05, 0.1) is 27.9 Å². The third-order valence-electron chi connectivity index (χ3n) is 7.43. The molecular formula is C36H22N6. The molecule has 0 aliphatic carbocycles. The minimum Gasteiger partial charge on any atom is -0.255 e. The minimum absolute atomic E-state index is 0.558. The van der Waals surface area contributed by atoms with E-state index in [2.05, 4.69) is 81.7 Å². The van der Waals surface area contributed by atoms with E-state index in [-0.39, 0.29) is 0 Å². The van der Waals surface area contributed by atoms with Crippen molar-refractivity contribution in [2.45, 2.75) is 0 Å². The summed E-state index contributed by atoms with van der Waals surface area (Å²) in [6.45, 7) is 0. The Bertz CT molecular complexity index is 2250. The molecule has 0 atom stereocenters. The first-order chi connectivity index (χ1) is 20.8. The SMILES string of the molecule is c1ccc(-c2nc(-c3ccccn3)c3cccc(-c4cccc(-c5ccc6ccc7cccnc7c6n5)c4)c3n2)nc1. The molecule has 0 unspecified atom stereocenters. The Morgan fingerprint density at radius 1 is 0.405 bits per heavy atom. The highest BCUT2D eigenvalue weighted by molar-refractivity contribution is 6.04. The van der Waals surface area contributed by atoms with Crippen LogP contribution in [0.15, 0.2) is 134 Å². The smallest absolute Gasteiger partial charge is 0.179 e. The molecule has 0 aliphatic rings. The lowest BCUT2D eigenvalue weighted by Crippen LogP contribution is -1.98. The zero-order valence-corrected chi connectivity index (χ0v) is 22.4. The molecule has 196 valence electrons. The first-order valence-electron chi connectivity index (χ1n) is 13.7. The van der Waals surface area contributed by atoms with Gasteiger partial charge in [-0.25, -0.2) is 15.0 Å². The number of pyridine rings is 4. The van der Waals surface area contributed by atoms with Crippen molar-refractivity contribution in [3.63, 3.8) is 0 Å². The summed E-state index contributed by atoms with van der Waals surface area (Å²) in [5, 5.41) is 3.07. The van der Waals surface area contributed by atoms with Crippen LogP contribution in [-0.4, -0.2) is 29.9 Å². The molecule has 0 N–H and O–H groups in total. The van der Waals surface area contributed by atoms with Gasteiger partial charge in [0.15, 0.2) is 5.82 Å². The third kappa shape index (κ3) is 4.14. The fraction of sp³-hybridized carbons (Fsp3) is 0. The molecule has 5 aromatic heterocycles. The fourth-order valence-corrected chi connectivity index (χ4v) is 5.42. The Morgan fingerprint density at radius 2 is 1.14 bits per heavy atom. The van der Waals surface area contributed by atoms with E-state index in [1.807, 2.05) is 54.7 Å². The van der Waals surface area contributed by atoms with Crippen LogP contribution in [0.25, 0.3) is 78.0 Å². The maximum absolute atomic E-state index is 5.07. The van der Waals surface area contributed by atoms with E-state index >= 15 is 0 Å². The largest absolute Gasteiger partial charge is 0.255 e.